The number of rotatable bonds is 6. The van der Waals surface area contributed by atoms with Gasteiger partial charge >= 0.3 is 0 Å². The molecule has 1 atom stereocenters. The highest BCUT2D eigenvalue weighted by Gasteiger charge is 2.20. The zero-order chi connectivity index (χ0) is 13.3. The standard InChI is InChI=1S/C16H23NO2/c18-16(15-11-5-7-13-19-15)17-12-6-4-10-14-8-2-1-3-9-14/h1-3,8-9,15H,4-7,10-13H2,(H,17,18)/t15-/m1/s1. The van der Waals surface area contributed by atoms with Crippen LogP contribution >= 0.6 is 0 Å². The zero-order valence-corrected chi connectivity index (χ0v) is 11.4. The maximum absolute atomic E-state index is 11.8. The summed E-state index contributed by atoms with van der Waals surface area (Å²) in [5, 5.41) is 2.97. The van der Waals surface area contributed by atoms with Gasteiger partial charge in [-0.2, -0.15) is 0 Å². The smallest absolute Gasteiger partial charge is 0.249 e. The van der Waals surface area contributed by atoms with E-state index in [0.29, 0.717) is 0 Å². The van der Waals surface area contributed by atoms with Gasteiger partial charge in [0.05, 0.1) is 0 Å². The fraction of sp³-hybridized carbons (Fsp3) is 0.562. The molecule has 0 unspecified atom stereocenters. The number of nitrogens with one attached hydrogen (secondary N) is 1. The number of carbonyl (C=O) groups excluding carboxylic acids is 1. The molecule has 2 rings (SSSR count). The summed E-state index contributed by atoms with van der Waals surface area (Å²) in [5.41, 5.74) is 1.37. The minimum absolute atomic E-state index is 0.0689. The molecule has 1 saturated heterocycles. The summed E-state index contributed by atoms with van der Waals surface area (Å²) in [6.07, 6.45) is 6.06. The molecule has 1 aliphatic heterocycles. The van der Waals surface area contributed by atoms with Crippen molar-refractivity contribution in [2.45, 2.75) is 44.6 Å². The Morgan fingerprint density at radius 1 is 1.21 bits per heavy atom. The molecule has 0 saturated carbocycles. The number of aryl methyl sites for hydroxylation is 1. The first kappa shape index (κ1) is 14.1. The van der Waals surface area contributed by atoms with Crippen LogP contribution in [0.2, 0.25) is 0 Å². The van der Waals surface area contributed by atoms with Crippen LogP contribution in [-0.4, -0.2) is 25.2 Å². The third-order valence-electron chi connectivity index (χ3n) is 3.51. The van der Waals surface area contributed by atoms with Gasteiger partial charge in [-0.05, 0) is 44.1 Å². The summed E-state index contributed by atoms with van der Waals surface area (Å²) >= 11 is 0. The average Bonchev–Trinajstić information content (AvgIpc) is 2.49. The molecule has 3 heteroatoms. The molecule has 104 valence electrons. The summed E-state index contributed by atoms with van der Waals surface area (Å²) in [6, 6.07) is 10.5. The molecule has 1 aliphatic rings. The Bertz CT molecular complexity index is 372. The number of amides is 1. The van der Waals surface area contributed by atoms with E-state index < -0.39 is 0 Å². The number of ether oxygens (including phenoxy) is 1. The predicted octanol–water partition coefficient (Wildman–Crippen LogP) is 2.69. The van der Waals surface area contributed by atoms with Crippen molar-refractivity contribution >= 4 is 5.91 Å². The molecule has 0 bridgehead atoms. The lowest BCUT2D eigenvalue weighted by Gasteiger charge is -2.21. The van der Waals surface area contributed by atoms with E-state index in [2.05, 4.69) is 29.6 Å². The quantitative estimate of drug-likeness (QED) is 0.800. The fourth-order valence-corrected chi connectivity index (χ4v) is 2.37. The lowest BCUT2D eigenvalue weighted by atomic mass is 10.1. The molecule has 0 aromatic heterocycles. The Balaban J connectivity index is 1.55. The van der Waals surface area contributed by atoms with Gasteiger partial charge in [0.15, 0.2) is 0 Å². The van der Waals surface area contributed by atoms with Crippen molar-refractivity contribution in [3.05, 3.63) is 35.9 Å². The number of hydrogen-bond donors (Lipinski definition) is 1. The first-order chi connectivity index (χ1) is 9.36. The van der Waals surface area contributed by atoms with E-state index in [1.165, 1.54) is 5.56 Å². The third kappa shape index (κ3) is 5.03. The molecule has 1 aromatic rings. The highest BCUT2D eigenvalue weighted by Crippen LogP contribution is 2.12. The van der Waals surface area contributed by atoms with Crippen LogP contribution in [0, 0.1) is 0 Å². The van der Waals surface area contributed by atoms with Gasteiger partial charge in [-0.1, -0.05) is 30.3 Å². The highest BCUT2D eigenvalue weighted by molar-refractivity contribution is 5.80. The van der Waals surface area contributed by atoms with Crippen LogP contribution in [0.25, 0.3) is 0 Å². The molecule has 0 radical (unpaired) electrons. The maximum atomic E-state index is 11.8. The molecule has 0 spiro atoms. The second-order valence-electron chi connectivity index (χ2n) is 5.09. The third-order valence-corrected chi connectivity index (χ3v) is 3.51. The van der Waals surface area contributed by atoms with E-state index in [9.17, 15) is 4.79 Å². The van der Waals surface area contributed by atoms with Crippen LogP contribution in [0.15, 0.2) is 30.3 Å². The first-order valence-electron chi connectivity index (χ1n) is 7.29. The summed E-state index contributed by atoms with van der Waals surface area (Å²) in [6.45, 7) is 1.48. The molecule has 1 heterocycles. The van der Waals surface area contributed by atoms with Gasteiger partial charge in [-0.25, -0.2) is 0 Å². The largest absolute Gasteiger partial charge is 0.368 e. The Labute approximate surface area is 115 Å². The molecule has 3 nitrogen and oxygen atoms in total. The second-order valence-corrected chi connectivity index (χ2v) is 5.09. The number of unbranched alkanes of at least 4 members (excludes halogenated alkanes) is 1. The van der Waals surface area contributed by atoms with Crippen LogP contribution in [-0.2, 0) is 16.0 Å². The second kappa shape index (κ2) is 7.95. The van der Waals surface area contributed by atoms with Crippen molar-refractivity contribution < 1.29 is 9.53 Å². The molecular weight excluding hydrogens is 238 g/mol. The van der Waals surface area contributed by atoms with E-state index in [-0.39, 0.29) is 12.0 Å². The number of hydrogen-bond acceptors (Lipinski definition) is 2. The van der Waals surface area contributed by atoms with Crippen LogP contribution in [0.4, 0.5) is 0 Å². The van der Waals surface area contributed by atoms with E-state index in [4.69, 9.17) is 4.74 Å². The van der Waals surface area contributed by atoms with Gasteiger partial charge in [-0.3, -0.25) is 4.79 Å². The molecule has 1 aromatic carbocycles. The summed E-state index contributed by atoms with van der Waals surface area (Å²) in [4.78, 5) is 11.8. The van der Waals surface area contributed by atoms with Crippen molar-refractivity contribution in [1.29, 1.82) is 0 Å². The lowest BCUT2D eigenvalue weighted by Crippen LogP contribution is -2.38. The minimum atomic E-state index is -0.206. The van der Waals surface area contributed by atoms with Crippen molar-refractivity contribution in [3.63, 3.8) is 0 Å². The summed E-state index contributed by atoms with van der Waals surface area (Å²) < 4.78 is 5.45. The van der Waals surface area contributed by atoms with Crippen molar-refractivity contribution in [1.82, 2.24) is 5.32 Å². The van der Waals surface area contributed by atoms with Crippen molar-refractivity contribution in [2.24, 2.45) is 0 Å². The lowest BCUT2D eigenvalue weighted by molar-refractivity contribution is -0.135. The van der Waals surface area contributed by atoms with E-state index in [1.54, 1.807) is 0 Å². The molecular formula is C16H23NO2. The highest BCUT2D eigenvalue weighted by atomic mass is 16.5. The van der Waals surface area contributed by atoms with Crippen LogP contribution in [0.1, 0.15) is 37.7 Å². The molecule has 0 aliphatic carbocycles. The molecule has 1 fully saturated rings. The molecule has 19 heavy (non-hydrogen) atoms. The van der Waals surface area contributed by atoms with Gasteiger partial charge in [0, 0.05) is 13.2 Å². The van der Waals surface area contributed by atoms with E-state index in [1.807, 2.05) is 6.07 Å². The van der Waals surface area contributed by atoms with Gasteiger partial charge in [0.2, 0.25) is 5.91 Å². The normalized spacial score (nSPS) is 19.1. The van der Waals surface area contributed by atoms with Crippen LogP contribution in [0.3, 0.4) is 0 Å². The number of benzene rings is 1. The average molecular weight is 261 g/mol. The Hall–Kier alpha value is -1.35. The molecule has 1 N–H and O–H groups in total. The fourth-order valence-electron chi connectivity index (χ4n) is 2.37. The molecule has 1 amide bonds. The van der Waals surface area contributed by atoms with Crippen molar-refractivity contribution in [3.8, 4) is 0 Å². The van der Waals surface area contributed by atoms with Gasteiger partial charge in [0.25, 0.3) is 0 Å². The minimum Gasteiger partial charge on any atom is -0.368 e. The maximum Gasteiger partial charge on any atom is 0.249 e. The van der Waals surface area contributed by atoms with Gasteiger partial charge < -0.3 is 10.1 Å². The topological polar surface area (TPSA) is 38.3 Å². The van der Waals surface area contributed by atoms with E-state index >= 15 is 0 Å². The van der Waals surface area contributed by atoms with E-state index in [0.717, 1.165) is 51.7 Å². The van der Waals surface area contributed by atoms with Gasteiger partial charge in [-0.15, -0.1) is 0 Å². The van der Waals surface area contributed by atoms with Crippen LogP contribution in [0.5, 0.6) is 0 Å². The zero-order valence-electron chi connectivity index (χ0n) is 11.4. The van der Waals surface area contributed by atoms with Crippen LogP contribution < -0.4 is 5.32 Å². The number of carbonyl (C=O) groups is 1. The Kier molecular flexibility index (Phi) is 5.89. The monoisotopic (exact) mass is 261 g/mol. The predicted molar refractivity (Wildman–Crippen MR) is 76.0 cm³/mol. The Morgan fingerprint density at radius 3 is 2.79 bits per heavy atom. The van der Waals surface area contributed by atoms with Crippen molar-refractivity contribution in [2.75, 3.05) is 13.2 Å². The Morgan fingerprint density at radius 2 is 2.05 bits per heavy atom. The summed E-state index contributed by atoms with van der Waals surface area (Å²) in [5.74, 6) is 0.0689. The first-order valence-corrected chi connectivity index (χ1v) is 7.29. The van der Waals surface area contributed by atoms with Gasteiger partial charge in [0.1, 0.15) is 6.10 Å². The summed E-state index contributed by atoms with van der Waals surface area (Å²) in [7, 11) is 0. The SMILES string of the molecule is O=C(NCCCCc1ccccc1)[C@H]1CCCCO1.